The average Bonchev–Trinajstić information content (AvgIpc) is 2.64. The standard InChI is InChI=1S/C9H13.C8H11.Zr/c1-6-5-7(2)9(4)8(6)3;1-6-4-7(2)8(3)5-6;/h6H,1-4H3;4,6H,1-3H3;/q2*-1;+2. The Kier molecular flexibility index (Phi) is 7.37. The van der Waals surface area contributed by atoms with Gasteiger partial charge in [-0.2, -0.15) is 17.2 Å². The summed E-state index contributed by atoms with van der Waals surface area (Å²) in [5.74, 6) is 1.11. The van der Waals surface area contributed by atoms with Crippen molar-refractivity contribution in [3.63, 3.8) is 0 Å². The second-order valence-electron chi connectivity index (χ2n) is 5.21. The third kappa shape index (κ3) is 4.50. The first-order valence-corrected chi connectivity index (χ1v) is 6.39. The second-order valence-corrected chi connectivity index (χ2v) is 5.21. The Morgan fingerprint density at radius 2 is 1.44 bits per heavy atom. The summed E-state index contributed by atoms with van der Waals surface area (Å²) in [6.45, 7) is 15.1. The molecule has 0 aromatic rings. The van der Waals surface area contributed by atoms with Gasteiger partial charge in [0.15, 0.2) is 0 Å². The Bertz CT molecular complexity index is 401. The molecule has 1 heteroatoms. The summed E-state index contributed by atoms with van der Waals surface area (Å²) < 4.78 is 0. The van der Waals surface area contributed by atoms with E-state index in [9.17, 15) is 0 Å². The predicted molar refractivity (Wildman–Crippen MR) is 75.3 cm³/mol. The van der Waals surface area contributed by atoms with Crippen molar-refractivity contribution in [3.05, 3.63) is 46.1 Å². The van der Waals surface area contributed by atoms with Crippen LogP contribution in [0.25, 0.3) is 0 Å². The SMILES string of the molecule is CC1=[C-]C(C)C(C)=C1C.CC1=[C-]C(C)C=C1C.[Zr+2]. The van der Waals surface area contributed by atoms with E-state index in [4.69, 9.17) is 0 Å². The minimum atomic E-state index is 0. The number of hydrogen-bond acceptors (Lipinski definition) is 0. The van der Waals surface area contributed by atoms with Gasteiger partial charge < -0.3 is 0 Å². The zero-order valence-electron chi connectivity index (χ0n) is 12.7. The molecule has 0 saturated carbocycles. The monoisotopic (exact) mass is 318 g/mol. The Hall–Kier alpha value is -0.157. The molecular formula is C17H24Zr. The van der Waals surface area contributed by atoms with E-state index in [0.717, 1.165) is 0 Å². The summed E-state index contributed by atoms with van der Waals surface area (Å²) in [6.07, 6.45) is 8.88. The topological polar surface area (TPSA) is 0 Å². The Labute approximate surface area is 132 Å². The van der Waals surface area contributed by atoms with Crippen molar-refractivity contribution in [2.45, 2.75) is 48.5 Å². The minimum absolute atomic E-state index is 0. The van der Waals surface area contributed by atoms with Crippen molar-refractivity contribution in [1.82, 2.24) is 0 Å². The van der Waals surface area contributed by atoms with Crippen LogP contribution in [-0.4, -0.2) is 0 Å². The van der Waals surface area contributed by atoms with Crippen molar-refractivity contribution < 1.29 is 26.2 Å². The van der Waals surface area contributed by atoms with Crippen molar-refractivity contribution in [2.24, 2.45) is 11.8 Å². The first-order valence-electron chi connectivity index (χ1n) is 6.39. The van der Waals surface area contributed by atoms with Crippen molar-refractivity contribution in [3.8, 4) is 0 Å². The fourth-order valence-corrected chi connectivity index (χ4v) is 2.16. The molecule has 18 heavy (non-hydrogen) atoms. The van der Waals surface area contributed by atoms with Gasteiger partial charge in [0.25, 0.3) is 0 Å². The molecule has 0 aromatic heterocycles. The largest absolute Gasteiger partial charge is 2.00 e. The number of allylic oxidation sites excluding steroid dienone is 8. The predicted octanol–water partition coefficient (Wildman–Crippen LogP) is 5.05. The summed E-state index contributed by atoms with van der Waals surface area (Å²) in [7, 11) is 0. The van der Waals surface area contributed by atoms with E-state index in [1.54, 1.807) is 0 Å². The molecule has 2 aliphatic carbocycles. The smallest absolute Gasteiger partial charge is 0.266 e. The van der Waals surface area contributed by atoms with Gasteiger partial charge in [-0.3, -0.25) is 12.2 Å². The van der Waals surface area contributed by atoms with Crippen LogP contribution in [0.5, 0.6) is 0 Å². The number of rotatable bonds is 0. The molecule has 2 unspecified atom stereocenters. The summed E-state index contributed by atoms with van der Waals surface area (Å²) in [4.78, 5) is 0. The molecule has 0 saturated heterocycles. The Morgan fingerprint density at radius 1 is 0.889 bits per heavy atom. The average molecular weight is 320 g/mol. The van der Waals surface area contributed by atoms with E-state index >= 15 is 0 Å². The maximum atomic E-state index is 3.36. The molecule has 0 aliphatic heterocycles. The first kappa shape index (κ1) is 17.8. The van der Waals surface area contributed by atoms with E-state index in [1.807, 2.05) is 0 Å². The molecule has 0 bridgehead atoms. The fraction of sp³-hybridized carbons (Fsp3) is 0.529. The van der Waals surface area contributed by atoms with E-state index in [-0.39, 0.29) is 26.2 Å². The minimum Gasteiger partial charge on any atom is -0.266 e. The molecule has 96 valence electrons. The van der Waals surface area contributed by atoms with Crippen LogP contribution >= 0.6 is 0 Å². The quantitative estimate of drug-likeness (QED) is 0.548. The van der Waals surface area contributed by atoms with Gasteiger partial charge in [0.05, 0.1) is 0 Å². The van der Waals surface area contributed by atoms with Crippen LogP contribution in [0.4, 0.5) is 0 Å². The number of hydrogen-bond donors (Lipinski definition) is 0. The molecule has 0 heterocycles. The molecule has 2 aliphatic rings. The van der Waals surface area contributed by atoms with E-state index in [1.165, 1.54) is 27.9 Å². The molecule has 0 N–H and O–H groups in total. The van der Waals surface area contributed by atoms with Gasteiger partial charge in [-0.1, -0.05) is 46.5 Å². The Balaban J connectivity index is 0.000000306. The van der Waals surface area contributed by atoms with Gasteiger partial charge in [0.2, 0.25) is 0 Å². The molecule has 0 amide bonds. The summed E-state index contributed by atoms with van der Waals surface area (Å²) in [6, 6.07) is 0. The zero-order chi connectivity index (χ0) is 13.2. The molecule has 0 spiro atoms. The van der Waals surface area contributed by atoms with E-state index in [0.29, 0.717) is 11.8 Å². The molecule has 0 aromatic carbocycles. The summed E-state index contributed by atoms with van der Waals surface area (Å²) in [5, 5.41) is 0. The van der Waals surface area contributed by atoms with Crippen LogP contribution in [0.15, 0.2) is 33.9 Å². The summed E-state index contributed by atoms with van der Waals surface area (Å²) in [5.41, 5.74) is 6.95. The van der Waals surface area contributed by atoms with Gasteiger partial charge in [-0.25, -0.2) is 16.7 Å². The van der Waals surface area contributed by atoms with E-state index < -0.39 is 0 Å². The zero-order valence-corrected chi connectivity index (χ0v) is 15.2. The van der Waals surface area contributed by atoms with Crippen molar-refractivity contribution in [2.75, 3.05) is 0 Å². The van der Waals surface area contributed by atoms with Crippen molar-refractivity contribution in [1.29, 1.82) is 0 Å². The van der Waals surface area contributed by atoms with Crippen LogP contribution in [0.3, 0.4) is 0 Å². The first-order chi connectivity index (χ1) is 7.82. The third-order valence-corrected chi connectivity index (χ3v) is 3.77. The normalized spacial score (nSPS) is 25.8. The van der Waals surface area contributed by atoms with Gasteiger partial charge >= 0.3 is 26.2 Å². The molecule has 0 fully saturated rings. The van der Waals surface area contributed by atoms with Crippen LogP contribution in [0.2, 0.25) is 0 Å². The molecule has 2 atom stereocenters. The van der Waals surface area contributed by atoms with Gasteiger partial charge in [-0.05, 0) is 0 Å². The van der Waals surface area contributed by atoms with Crippen molar-refractivity contribution >= 4 is 0 Å². The Morgan fingerprint density at radius 3 is 1.56 bits per heavy atom. The van der Waals surface area contributed by atoms with E-state index in [2.05, 4.69) is 66.7 Å². The van der Waals surface area contributed by atoms with Crippen LogP contribution in [0.1, 0.15) is 48.5 Å². The summed E-state index contributed by atoms with van der Waals surface area (Å²) >= 11 is 0. The van der Waals surface area contributed by atoms with Crippen LogP contribution in [0, 0.1) is 24.0 Å². The van der Waals surface area contributed by atoms with Gasteiger partial charge in [-0.15, -0.1) is 13.8 Å². The van der Waals surface area contributed by atoms with Crippen LogP contribution in [-0.2, 0) is 26.2 Å². The maximum Gasteiger partial charge on any atom is 2.00 e. The van der Waals surface area contributed by atoms with Gasteiger partial charge in [0.1, 0.15) is 0 Å². The van der Waals surface area contributed by atoms with Gasteiger partial charge in [0, 0.05) is 0 Å². The third-order valence-electron chi connectivity index (χ3n) is 3.77. The molecule has 0 radical (unpaired) electrons. The molecule has 2 rings (SSSR count). The maximum absolute atomic E-state index is 3.36. The second kappa shape index (κ2) is 7.44. The fourth-order valence-electron chi connectivity index (χ4n) is 2.16. The molecular weight excluding hydrogens is 295 g/mol. The van der Waals surface area contributed by atoms with Crippen LogP contribution < -0.4 is 0 Å². The molecule has 0 nitrogen and oxygen atoms in total.